The lowest BCUT2D eigenvalue weighted by Gasteiger charge is -2.26. The molecule has 1 aromatic carbocycles. The molecule has 1 aromatic heterocycles. The van der Waals surface area contributed by atoms with Crippen LogP contribution in [0.25, 0.3) is 0 Å². The van der Waals surface area contributed by atoms with Gasteiger partial charge in [0.25, 0.3) is 11.8 Å². The Labute approximate surface area is 211 Å². The maximum absolute atomic E-state index is 13.2. The molecule has 10 heteroatoms. The van der Waals surface area contributed by atoms with E-state index in [1.54, 1.807) is 28.9 Å². The Hall–Kier alpha value is -3.07. The number of aromatic nitrogens is 2. The zero-order valence-electron chi connectivity index (χ0n) is 20.8. The predicted octanol–water partition coefficient (Wildman–Crippen LogP) is 3.05. The molecule has 0 radical (unpaired) electrons. The van der Waals surface area contributed by atoms with E-state index in [1.807, 2.05) is 27.7 Å². The molecule has 1 aliphatic heterocycles. The van der Waals surface area contributed by atoms with E-state index >= 15 is 0 Å². The number of hydrogen-bond acceptors (Lipinski definition) is 5. The van der Waals surface area contributed by atoms with Gasteiger partial charge in [0.15, 0.2) is 5.69 Å². The quantitative estimate of drug-likeness (QED) is 0.669. The molecule has 0 unspecified atom stereocenters. The Morgan fingerprint density at radius 1 is 1.26 bits per heavy atom. The summed E-state index contributed by atoms with van der Waals surface area (Å²) in [6.07, 6.45) is 1.24. The molecular weight excluding hydrogens is 470 g/mol. The van der Waals surface area contributed by atoms with Crippen molar-refractivity contribution < 1.29 is 19.1 Å². The number of amides is 3. The highest BCUT2D eigenvalue weighted by Gasteiger charge is 2.25. The van der Waals surface area contributed by atoms with Crippen LogP contribution in [0, 0.1) is 12.8 Å². The first kappa shape index (κ1) is 26.5. The molecule has 2 N–H and O–H groups in total. The number of halogens is 1. The van der Waals surface area contributed by atoms with Crippen molar-refractivity contribution in [1.82, 2.24) is 25.3 Å². The summed E-state index contributed by atoms with van der Waals surface area (Å²) in [6.45, 7) is 9.32. The van der Waals surface area contributed by atoms with E-state index in [9.17, 15) is 14.4 Å². The zero-order chi connectivity index (χ0) is 25.5. The van der Waals surface area contributed by atoms with E-state index in [1.165, 1.54) is 4.90 Å². The second kappa shape index (κ2) is 12.1. The Morgan fingerprint density at radius 2 is 2.03 bits per heavy atom. The van der Waals surface area contributed by atoms with Crippen molar-refractivity contribution in [1.29, 1.82) is 0 Å². The van der Waals surface area contributed by atoms with Crippen LogP contribution in [-0.4, -0.2) is 64.7 Å². The van der Waals surface area contributed by atoms with E-state index in [4.69, 9.17) is 16.3 Å². The fraction of sp³-hybridized carbons (Fsp3) is 0.520. The summed E-state index contributed by atoms with van der Waals surface area (Å²) in [5.41, 5.74) is 1.55. The molecule has 0 saturated carbocycles. The van der Waals surface area contributed by atoms with Crippen LogP contribution in [0.1, 0.15) is 60.2 Å². The van der Waals surface area contributed by atoms with Crippen molar-refractivity contribution in [3.05, 3.63) is 46.2 Å². The molecule has 0 fully saturated rings. The number of carbonyl (C=O) groups is 3. The molecule has 2 heterocycles. The van der Waals surface area contributed by atoms with Gasteiger partial charge in [0, 0.05) is 30.4 Å². The minimum Gasteiger partial charge on any atom is -0.491 e. The van der Waals surface area contributed by atoms with Crippen molar-refractivity contribution in [3.8, 4) is 5.75 Å². The molecule has 3 rings (SSSR count). The van der Waals surface area contributed by atoms with Gasteiger partial charge in [-0.2, -0.15) is 5.10 Å². The molecule has 3 amide bonds. The fourth-order valence-electron chi connectivity index (χ4n) is 3.89. The summed E-state index contributed by atoms with van der Waals surface area (Å²) < 4.78 is 7.71. The highest BCUT2D eigenvalue weighted by molar-refractivity contribution is 6.31. The van der Waals surface area contributed by atoms with Gasteiger partial charge < -0.3 is 20.3 Å². The Kier molecular flexibility index (Phi) is 9.14. The lowest BCUT2D eigenvalue weighted by molar-refractivity contribution is -0.123. The second-order valence-electron chi connectivity index (χ2n) is 9.05. The van der Waals surface area contributed by atoms with Crippen molar-refractivity contribution >= 4 is 29.3 Å². The second-order valence-corrected chi connectivity index (χ2v) is 9.48. The molecule has 0 bridgehead atoms. The third-order valence-electron chi connectivity index (χ3n) is 6.02. The molecule has 9 nitrogen and oxygen atoms in total. The number of fused-ring (bicyclic) bond motifs is 1. The SMILES string of the molecule is CCn1nc(C(=O)N2CCCCNC(=O)c3cc(Cl)ccc3OC[C@H](C(C)C)NC(=O)C2)cc1C. The van der Waals surface area contributed by atoms with E-state index < -0.39 is 0 Å². The number of benzene rings is 1. The van der Waals surface area contributed by atoms with Crippen LogP contribution >= 0.6 is 11.6 Å². The standard InChI is InChI=1S/C25H34ClN5O4/c1-5-31-17(4)12-20(29-31)25(34)30-11-7-6-10-27-24(33)19-13-18(26)8-9-22(19)35-15-21(16(2)3)28-23(32)14-30/h8-9,12-13,16,21H,5-7,10-11,14-15H2,1-4H3,(H,27,33)(H,28,32)/t21-/m1/s1. The average molecular weight is 504 g/mol. The summed E-state index contributed by atoms with van der Waals surface area (Å²) in [5, 5.41) is 10.7. The van der Waals surface area contributed by atoms with Crippen LogP contribution in [-0.2, 0) is 11.3 Å². The lowest BCUT2D eigenvalue weighted by Crippen LogP contribution is -2.48. The third-order valence-corrected chi connectivity index (χ3v) is 6.25. The van der Waals surface area contributed by atoms with Gasteiger partial charge in [0.05, 0.1) is 18.2 Å². The summed E-state index contributed by atoms with van der Waals surface area (Å²) in [5.74, 6) is -0.376. The summed E-state index contributed by atoms with van der Waals surface area (Å²) >= 11 is 6.12. The molecule has 0 aliphatic carbocycles. The Bertz CT molecular complexity index is 1070. The van der Waals surface area contributed by atoms with Gasteiger partial charge in [0.1, 0.15) is 12.4 Å². The topological polar surface area (TPSA) is 106 Å². The molecular formula is C25H34ClN5O4. The monoisotopic (exact) mass is 503 g/mol. The van der Waals surface area contributed by atoms with Gasteiger partial charge >= 0.3 is 0 Å². The molecule has 35 heavy (non-hydrogen) atoms. The first-order valence-corrected chi connectivity index (χ1v) is 12.4. The van der Waals surface area contributed by atoms with E-state index in [0.29, 0.717) is 54.5 Å². The average Bonchev–Trinajstić information content (AvgIpc) is 3.20. The van der Waals surface area contributed by atoms with Gasteiger partial charge in [-0.3, -0.25) is 19.1 Å². The highest BCUT2D eigenvalue weighted by atomic mass is 35.5. The van der Waals surface area contributed by atoms with E-state index in [-0.39, 0.29) is 42.8 Å². The molecule has 0 spiro atoms. The highest BCUT2D eigenvalue weighted by Crippen LogP contribution is 2.24. The van der Waals surface area contributed by atoms with E-state index in [2.05, 4.69) is 15.7 Å². The number of hydrogen-bond donors (Lipinski definition) is 2. The number of nitrogens with zero attached hydrogens (tertiary/aromatic N) is 3. The van der Waals surface area contributed by atoms with E-state index in [0.717, 1.165) is 5.69 Å². The first-order chi connectivity index (χ1) is 16.7. The minimum atomic E-state index is -0.322. The number of carbonyl (C=O) groups excluding carboxylic acids is 3. The number of ether oxygens (including phenoxy) is 1. The fourth-order valence-corrected chi connectivity index (χ4v) is 4.06. The van der Waals surface area contributed by atoms with Crippen LogP contribution in [0.3, 0.4) is 0 Å². The Morgan fingerprint density at radius 3 is 2.71 bits per heavy atom. The maximum atomic E-state index is 13.2. The number of aryl methyl sites for hydroxylation is 2. The van der Waals surface area contributed by atoms with Crippen molar-refractivity contribution in [2.24, 2.45) is 5.92 Å². The van der Waals surface area contributed by atoms with Crippen molar-refractivity contribution in [2.45, 2.75) is 53.1 Å². The van der Waals surface area contributed by atoms with Crippen molar-refractivity contribution in [3.63, 3.8) is 0 Å². The van der Waals surface area contributed by atoms with Gasteiger partial charge in [-0.25, -0.2) is 0 Å². The maximum Gasteiger partial charge on any atom is 0.274 e. The normalized spacial score (nSPS) is 18.1. The smallest absolute Gasteiger partial charge is 0.274 e. The zero-order valence-corrected chi connectivity index (χ0v) is 21.5. The number of nitrogens with one attached hydrogen (secondary N) is 2. The van der Waals surface area contributed by atoms with Gasteiger partial charge in [-0.1, -0.05) is 25.4 Å². The molecule has 1 atom stereocenters. The molecule has 0 saturated heterocycles. The minimum absolute atomic E-state index is 0.0614. The van der Waals surface area contributed by atoms with Crippen LogP contribution in [0.2, 0.25) is 5.02 Å². The summed E-state index contributed by atoms with van der Waals surface area (Å²) in [6, 6.07) is 6.32. The molecule has 190 valence electrons. The summed E-state index contributed by atoms with van der Waals surface area (Å²) in [7, 11) is 0. The van der Waals surface area contributed by atoms with Gasteiger partial charge in [-0.15, -0.1) is 0 Å². The predicted molar refractivity (Wildman–Crippen MR) is 134 cm³/mol. The summed E-state index contributed by atoms with van der Waals surface area (Å²) in [4.78, 5) is 40.5. The third kappa shape index (κ3) is 6.97. The van der Waals surface area contributed by atoms with Gasteiger partial charge in [-0.05, 0) is 56.9 Å². The van der Waals surface area contributed by atoms with Crippen LogP contribution in [0.4, 0.5) is 0 Å². The Balaban J connectivity index is 1.82. The van der Waals surface area contributed by atoms with Gasteiger partial charge in [0.2, 0.25) is 5.91 Å². The van der Waals surface area contributed by atoms with Crippen LogP contribution < -0.4 is 15.4 Å². The molecule has 1 aliphatic rings. The first-order valence-electron chi connectivity index (χ1n) is 12.0. The van der Waals surface area contributed by atoms with Crippen molar-refractivity contribution in [2.75, 3.05) is 26.2 Å². The largest absolute Gasteiger partial charge is 0.491 e. The molecule has 2 aromatic rings. The van der Waals surface area contributed by atoms with Crippen LogP contribution in [0.5, 0.6) is 5.75 Å². The lowest BCUT2D eigenvalue weighted by atomic mass is 10.1. The van der Waals surface area contributed by atoms with Crippen LogP contribution in [0.15, 0.2) is 24.3 Å². The number of rotatable bonds is 3.